The smallest absolute Gasteiger partial charge is 0.119 e. The molecule has 0 spiro atoms. The van der Waals surface area contributed by atoms with Gasteiger partial charge in [0, 0.05) is 12.6 Å². The van der Waals surface area contributed by atoms with Crippen LogP contribution in [-0.2, 0) is 6.54 Å². The van der Waals surface area contributed by atoms with Crippen molar-refractivity contribution >= 4 is 0 Å². The Bertz CT molecular complexity index is 297. The van der Waals surface area contributed by atoms with Gasteiger partial charge in [0.1, 0.15) is 5.75 Å². The number of rotatable bonds is 7. The van der Waals surface area contributed by atoms with Crippen molar-refractivity contribution in [1.82, 2.24) is 5.32 Å². The average Bonchev–Trinajstić information content (AvgIpc) is 2.27. The zero-order valence-corrected chi connectivity index (χ0v) is 10.6. The Morgan fingerprint density at radius 1 is 1.31 bits per heavy atom. The van der Waals surface area contributed by atoms with Crippen molar-refractivity contribution in [3.8, 4) is 5.75 Å². The van der Waals surface area contributed by atoms with E-state index in [2.05, 4.69) is 44.3 Å². The Hall–Kier alpha value is -1.02. The molecule has 90 valence electrons. The van der Waals surface area contributed by atoms with Gasteiger partial charge in [-0.15, -0.1) is 0 Å². The van der Waals surface area contributed by atoms with E-state index in [-0.39, 0.29) is 0 Å². The number of ether oxygens (including phenoxy) is 1. The molecule has 2 heteroatoms. The first-order valence-electron chi connectivity index (χ1n) is 6.17. The van der Waals surface area contributed by atoms with Gasteiger partial charge in [0.05, 0.1) is 6.61 Å². The molecule has 0 aliphatic heterocycles. The molecule has 0 aliphatic carbocycles. The highest BCUT2D eigenvalue weighted by atomic mass is 16.5. The highest BCUT2D eigenvalue weighted by molar-refractivity contribution is 5.28. The minimum absolute atomic E-state index is 0.518. The molecule has 0 aliphatic rings. The molecule has 0 fully saturated rings. The summed E-state index contributed by atoms with van der Waals surface area (Å²) in [6, 6.07) is 8.84. The van der Waals surface area contributed by atoms with Crippen LogP contribution in [0, 0.1) is 0 Å². The van der Waals surface area contributed by atoms with Crippen LogP contribution in [0.2, 0.25) is 0 Å². The van der Waals surface area contributed by atoms with Gasteiger partial charge in [-0.1, -0.05) is 39.3 Å². The number of unbranched alkanes of at least 4 members (excludes halogenated alkanes) is 1. The number of benzene rings is 1. The molecular formula is C14H23NO. The van der Waals surface area contributed by atoms with E-state index in [9.17, 15) is 0 Å². The molecular weight excluding hydrogens is 198 g/mol. The van der Waals surface area contributed by atoms with Crippen LogP contribution in [0.15, 0.2) is 24.3 Å². The third-order valence-electron chi connectivity index (χ3n) is 2.38. The molecule has 1 rings (SSSR count). The third-order valence-corrected chi connectivity index (χ3v) is 2.38. The maximum atomic E-state index is 5.67. The van der Waals surface area contributed by atoms with E-state index in [1.807, 2.05) is 6.07 Å². The Labute approximate surface area is 99.0 Å². The predicted octanol–water partition coefficient (Wildman–Crippen LogP) is 3.36. The highest BCUT2D eigenvalue weighted by Crippen LogP contribution is 2.13. The van der Waals surface area contributed by atoms with E-state index in [4.69, 9.17) is 4.74 Å². The van der Waals surface area contributed by atoms with Crippen molar-refractivity contribution in [2.45, 2.75) is 46.2 Å². The van der Waals surface area contributed by atoms with Crippen molar-refractivity contribution in [3.63, 3.8) is 0 Å². The summed E-state index contributed by atoms with van der Waals surface area (Å²) in [5.41, 5.74) is 1.28. The van der Waals surface area contributed by atoms with E-state index in [0.717, 1.165) is 25.3 Å². The maximum absolute atomic E-state index is 5.67. The summed E-state index contributed by atoms with van der Waals surface area (Å²) < 4.78 is 5.67. The van der Waals surface area contributed by atoms with E-state index in [0.29, 0.717) is 6.04 Å². The van der Waals surface area contributed by atoms with Crippen LogP contribution in [0.4, 0.5) is 0 Å². The van der Waals surface area contributed by atoms with Crippen LogP contribution in [0.3, 0.4) is 0 Å². The summed E-state index contributed by atoms with van der Waals surface area (Å²) in [5, 5.41) is 3.40. The van der Waals surface area contributed by atoms with Gasteiger partial charge in [-0.25, -0.2) is 0 Å². The summed E-state index contributed by atoms with van der Waals surface area (Å²) in [4.78, 5) is 0. The summed E-state index contributed by atoms with van der Waals surface area (Å²) in [6.07, 6.45) is 2.29. The van der Waals surface area contributed by atoms with Gasteiger partial charge in [0.2, 0.25) is 0 Å². The average molecular weight is 221 g/mol. The minimum atomic E-state index is 0.518. The van der Waals surface area contributed by atoms with Gasteiger partial charge in [0.25, 0.3) is 0 Å². The largest absolute Gasteiger partial charge is 0.494 e. The Kier molecular flexibility index (Phi) is 5.94. The molecule has 1 aromatic rings. The summed E-state index contributed by atoms with van der Waals surface area (Å²) in [6.45, 7) is 8.20. The first kappa shape index (κ1) is 13.0. The van der Waals surface area contributed by atoms with E-state index >= 15 is 0 Å². The van der Waals surface area contributed by atoms with Gasteiger partial charge < -0.3 is 10.1 Å². The number of hydrogen-bond donors (Lipinski definition) is 1. The molecule has 0 saturated heterocycles. The fourth-order valence-electron chi connectivity index (χ4n) is 1.40. The van der Waals surface area contributed by atoms with Crippen LogP contribution >= 0.6 is 0 Å². The lowest BCUT2D eigenvalue weighted by molar-refractivity contribution is 0.309. The topological polar surface area (TPSA) is 21.3 Å². The highest BCUT2D eigenvalue weighted by Gasteiger charge is 1.98. The molecule has 1 N–H and O–H groups in total. The van der Waals surface area contributed by atoms with E-state index < -0.39 is 0 Å². The second kappa shape index (κ2) is 7.29. The van der Waals surface area contributed by atoms with E-state index in [1.165, 1.54) is 12.0 Å². The monoisotopic (exact) mass is 221 g/mol. The maximum Gasteiger partial charge on any atom is 0.119 e. The fourth-order valence-corrected chi connectivity index (χ4v) is 1.40. The lowest BCUT2D eigenvalue weighted by Crippen LogP contribution is -2.21. The number of nitrogens with one attached hydrogen (secondary N) is 1. The van der Waals surface area contributed by atoms with Crippen LogP contribution in [0.25, 0.3) is 0 Å². The van der Waals surface area contributed by atoms with Crippen molar-refractivity contribution < 1.29 is 4.74 Å². The minimum Gasteiger partial charge on any atom is -0.494 e. The summed E-state index contributed by atoms with van der Waals surface area (Å²) in [5.74, 6) is 0.983. The van der Waals surface area contributed by atoms with Crippen LogP contribution < -0.4 is 10.1 Å². The second-order valence-electron chi connectivity index (χ2n) is 4.39. The van der Waals surface area contributed by atoms with Crippen molar-refractivity contribution in [1.29, 1.82) is 0 Å². The Morgan fingerprint density at radius 3 is 2.81 bits per heavy atom. The SMILES string of the molecule is CCCCOc1cccc(CNC(C)C)c1. The first-order chi connectivity index (χ1) is 7.72. The molecule has 0 heterocycles. The molecule has 0 atom stereocenters. The first-order valence-corrected chi connectivity index (χ1v) is 6.17. The van der Waals surface area contributed by atoms with Gasteiger partial charge in [-0.05, 0) is 24.1 Å². The molecule has 0 unspecified atom stereocenters. The fraction of sp³-hybridized carbons (Fsp3) is 0.571. The standard InChI is InChI=1S/C14H23NO/c1-4-5-9-16-14-8-6-7-13(10-14)11-15-12(2)3/h6-8,10,12,15H,4-5,9,11H2,1-3H3. The molecule has 0 bridgehead atoms. The van der Waals surface area contributed by atoms with E-state index in [1.54, 1.807) is 0 Å². The van der Waals surface area contributed by atoms with Gasteiger partial charge in [-0.3, -0.25) is 0 Å². The van der Waals surface area contributed by atoms with Crippen LogP contribution in [0.5, 0.6) is 5.75 Å². The zero-order chi connectivity index (χ0) is 11.8. The van der Waals surface area contributed by atoms with Gasteiger partial charge >= 0.3 is 0 Å². The normalized spacial score (nSPS) is 10.8. The molecule has 0 saturated carbocycles. The lowest BCUT2D eigenvalue weighted by atomic mass is 10.2. The molecule has 0 amide bonds. The van der Waals surface area contributed by atoms with Gasteiger partial charge in [-0.2, -0.15) is 0 Å². The molecule has 2 nitrogen and oxygen atoms in total. The third kappa shape index (κ3) is 5.17. The Morgan fingerprint density at radius 2 is 2.12 bits per heavy atom. The zero-order valence-electron chi connectivity index (χ0n) is 10.6. The Balaban J connectivity index is 2.43. The van der Waals surface area contributed by atoms with Crippen LogP contribution in [-0.4, -0.2) is 12.6 Å². The number of hydrogen-bond acceptors (Lipinski definition) is 2. The lowest BCUT2D eigenvalue weighted by Gasteiger charge is -2.10. The molecule has 0 radical (unpaired) electrons. The van der Waals surface area contributed by atoms with Crippen molar-refractivity contribution in [2.75, 3.05) is 6.61 Å². The molecule has 16 heavy (non-hydrogen) atoms. The quantitative estimate of drug-likeness (QED) is 0.713. The van der Waals surface area contributed by atoms with Crippen LogP contribution in [0.1, 0.15) is 39.2 Å². The molecule has 1 aromatic carbocycles. The van der Waals surface area contributed by atoms with Gasteiger partial charge in [0.15, 0.2) is 0 Å². The second-order valence-corrected chi connectivity index (χ2v) is 4.39. The molecule has 0 aromatic heterocycles. The predicted molar refractivity (Wildman–Crippen MR) is 68.8 cm³/mol. The summed E-state index contributed by atoms with van der Waals surface area (Å²) in [7, 11) is 0. The summed E-state index contributed by atoms with van der Waals surface area (Å²) >= 11 is 0. The van der Waals surface area contributed by atoms with Crippen molar-refractivity contribution in [2.24, 2.45) is 0 Å². The van der Waals surface area contributed by atoms with Crippen molar-refractivity contribution in [3.05, 3.63) is 29.8 Å².